The van der Waals surface area contributed by atoms with Gasteiger partial charge in [-0.3, -0.25) is 0 Å². The second kappa shape index (κ2) is 13.9. The van der Waals surface area contributed by atoms with Gasteiger partial charge in [0.05, 0.1) is 0 Å². The molecule has 0 aliphatic rings. The summed E-state index contributed by atoms with van der Waals surface area (Å²) < 4.78 is 0. The van der Waals surface area contributed by atoms with E-state index in [1.54, 1.807) is 0 Å². The van der Waals surface area contributed by atoms with Gasteiger partial charge in [0, 0.05) is 0 Å². The van der Waals surface area contributed by atoms with Gasteiger partial charge in [-0.05, 0) is 145 Å². The Hall–Kier alpha value is -7.80. The Labute approximate surface area is 349 Å². The lowest BCUT2D eigenvalue weighted by atomic mass is 9.84. The van der Waals surface area contributed by atoms with E-state index in [4.69, 9.17) is 0 Å². The van der Waals surface area contributed by atoms with Crippen molar-refractivity contribution in [3.05, 3.63) is 231 Å². The van der Waals surface area contributed by atoms with Gasteiger partial charge >= 0.3 is 0 Å². The summed E-state index contributed by atoms with van der Waals surface area (Å²) in [6.45, 7) is 0. The minimum Gasteiger partial charge on any atom is -0.0616 e. The first-order chi connectivity index (χ1) is 29.7. The van der Waals surface area contributed by atoms with E-state index in [1.807, 2.05) is 0 Å². The van der Waals surface area contributed by atoms with Crippen LogP contribution in [0.15, 0.2) is 231 Å². The van der Waals surface area contributed by atoms with Crippen molar-refractivity contribution in [2.24, 2.45) is 0 Å². The Bertz CT molecular complexity index is 3640. The van der Waals surface area contributed by atoms with Gasteiger partial charge in [0.1, 0.15) is 0 Å². The molecule has 278 valence electrons. The molecular weight excluding hydrogens is 721 g/mol. The fourth-order valence-electron chi connectivity index (χ4n) is 9.68. The third-order valence-corrected chi connectivity index (χ3v) is 12.6. The SMILES string of the molecule is c1ccc2cc(-c3cccc4c(-c5ccc(-c6ccc7c(-c8ccc9ccccc9c8)c8ccccc8c(-c8ccc9ccccc9c8)c7c6)cc5)cccc34)ccc2c1. The number of fused-ring (bicyclic) bond motifs is 6. The molecule has 0 saturated heterocycles. The zero-order valence-corrected chi connectivity index (χ0v) is 32.9. The van der Waals surface area contributed by atoms with E-state index in [1.165, 1.54) is 120 Å². The Kier molecular flexibility index (Phi) is 7.96. The third kappa shape index (κ3) is 5.69. The lowest BCUT2D eigenvalue weighted by Gasteiger charge is -2.19. The highest BCUT2D eigenvalue weighted by Crippen LogP contribution is 2.46. The largest absolute Gasteiger partial charge is 0.0616 e. The fourth-order valence-corrected chi connectivity index (χ4v) is 9.68. The Morgan fingerprint density at radius 2 is 0.533 bits per heavy atom. The zero-order chi connectivity index (χ0) is 39.6. The third-order valence-electron chi connectivity index (χ3n) is 12.6. The van der Waals surface area contributed by atoms with Gasteiger partial charge in [-0.15, -0.1) is 0 Å². The van der Waals surface area contributed by atoms with E-state index in [-0.39, 0.29) is 0 Å². The average Bonchev–Trinajstić information content (AvgIpc) is 3.32. The molecule has 12 aromatic rings. The topological polar surface area (TPSA) is 0 Å². The normalized spacial score (nSPS) is 11.7. The predicted molar refractivity (Wildman–Crippen MR) is 259 cm³/mol. The second-order valence-electron chi connectivity index (χ2n) is 16.0. The standard InChI is InChI=1S/C60H38/c1-4-14-44-35-48(30-25-39(44)11-1)52-20-10-21-53-51(19-9-22-54(52)53)43-28-23-42(24-29-43)47-33-34-57-58(38-47)60(50-32-27-41-13-3-6-16-46(41)37-50)56-18-8-7-17-55(56)59(57)49-31-26-40-12-2-5-15-45(40)36-49/h1-38H. The molecule has 60 heavy (non-hydrogen) atoms. The molecule has 12 rings (SSSR count). The summed E-state index contributed by atoms with van der Waals surface area (Å²) in [6.07, 6.45) is 0. The van der Waals surface area contributed by atoms with Crippen LogP contribution in [-0.2, 0) is 0 Å². The molecule has 0 fully saturated rings. The number of benzene rings is 12. The maximum absolute atomic E-state index is 2.43. The Morgan fingerprint density at radius 3 is 1.08 bits per heavy atom. The molecule has 0 radical (unpaired) electrons. The summed E-state index contributed by atoms with van der Waals surface area (Å²) in [5.74, 6) is 0. The van der Waals surface area contributed by atoms with Crippen molar-refractivity contribution in [3.63, 3.8) is 0 Å². The minimum atomic E-state index is 1.20. The van der Waals surface area contributed by atoms with E-state index in [9.17, 15) is 0 Å². The first-order valence-corrected chi connectivity index (χ1v) is 20.8. The van der Waals surface area contributed by atoms with Gasteiger partial charge in [0.25, 0.3) is 0 Å². The van der Waals surface area contributed by atoms with Crippen molar-refractivity contribution >= 4 is 64.6 Å². The van der Waals surface area contributed by atoms with E-state index >= 15 is 0 Å². The molecule has 0 unspecified atom stereocenters. The summed E-state index contributed by atoms with van der Waals surface area (Å²) in [6, 6.07) is 85.2. The van der Waals surface area contributed by atoms with Crippen LogP contribution < -0.4 is 0 Å². The van der Waals surface area contributed by atoms with Crippen LogP contribution in [0.1, 0.15) is 0 Å². The maximum atomic E-state index is 2.43. The molecule has 12 aromatic carbocycles. The summed E-state index contributed by atoms with van der Waals surface area (Å²) in [5.41, 5.74) is 12.3. The van der Waals surface area contributed by atoms with Crippen LogP contribution in [0, 0.1) is 0 Å². The van der Waals surface area contributed by atoms with Crippen LogP contribution in [0.5, 0.6) is 0 Å². The fraction of sp³-hybridized carbons (Fsp3) is 0. The van der Waals surface area contributed by atoms with Gasteiger partial charge in [0.15, 0.2) is 0 Å². The van der Waals surface area contributed by atoms with Crippen molar-refractivity contribution in [1.82, 2.24) is 0 Å². The monoisotopic (exact) mass is 758 g/mol. The van der Waals surface area contributed by atoms with Gasteiger partial charge in [-0.25, -0.2) is 0 Å². The molecule has 0 amide bonds. The highest BCUT2D eigenvalue weighted by atomic mass is 14.2. The molecule has 0 aromatic heterocycles. The van der Waals surface area contributed by atoms with Crippen LogP contribution in [0.25, 0.3) is 120 Å². The van der Waals surface area contributed by atoms with Gasteiger partial charge in [-0.2, -0.15) is 0 Å². The number of hydrogen-bond acceptors (Lipinski definition) is 0. The van der Waals surface area contributed by atoms with Gasteiger partial charge in [-0.1, -0.05) is 206 Å². The molecule has 0 aliphatic heterocycles. The highest BCUT2D eigenvalue weighted by molar-refractivity contribution is 6.22. The molecular formula is C60H38. The van der Waals surface area contributed by atoms with Crippen LogP contribution >= 0.6 is 0 Å². The molecule has 0 heteroatoms. The number of hydrogen-bond donors (Lipinski definition) is 0. The number of rotatable bonds is 5. The van der Waals surface area contributed by atoms with Crippen LogP contribution in [0.2, 0.25) is 0 Å². The summed E-state index contributed by atoms with van der Waals surface area (Å²) >= 11 is 0. The molecule has 0 nitrogen and oxygen atoms in total. The molecule has 0 bridgehead atoms. The zero-order valence-electron chi connectivity index (χ0n) is 32.9. The Morgan fingerprint density at radius 1 is 0.167 bits per heavy atom. The van der Waals surface area contributed by atoms with E-state index in [2.05, 4.69) is 231 Å². The average molecular weight is 759 g/mol. The van der Waals surface area contributed by atoms with Crippen molar-refractivity contribution < 1.29 is 0 Å². The molecule has 0 spiro atoms. The molecule has 0 heterocycles. The van der Waals surface area contributed by atoms with Crippen molar-refractivity contribution in [2.75, 3.05) is 0 Å². The van der Waals surface area contributed by atoms with Gasteiger partial charge in [0.2, 0.25) is 0 Å². The quantitative estimate of drug-likeness (QED) is 0.153. The molecule has 0 N–H and O–H groups in total. The van der Waals surface area contributed by atoms with Crippen molar-refractivity contribution in [3.8, 4) is 55.6 Å². The second-order valence-corrected chi connectivity index (χ2v) is 16.0. The van der Waals surface area contributed by atoms with E-state index < -0.39 is 0 Å². The predicted octanol–water partition coefficient (Wildman–Crippen LogP) is 16.9. The summed E-state index contributed by atoms with van der Waals surface area (Å²) in [5, 5.41) is 15.1. The first-order valence-electron chi connectivity index (χ1n) is 20.8. The summed E-state index contributed by atoms with van der Waals surface area (Å²) in [4.78, 5) is 0. The minimum absolute atomic E-state index is 1.20. The lowest BCUT2D eigenvalue weighted by Crippen LogP contribution is -1.92. The van der Waals surface area contributed by atoms with E-state index in [0.29, 0.717) is 0 Å². The molecule has 0 atom stereocenters. The van der Waals surface area contributed by atoms with E-state index in [0.717, 1.165) is 0 Å². The Balaban J connectivity index is 1.02. The lowest BCUT2D eigenvalue weighted by molar-refractivity contribution is 1.61. The van der Waals surface area contributed by atoms with Crippen LogP contribution in [0.3, 0.4) is 0 Å². The summed E-state index contributed by atoms with van der Waals surface area (Å²) in [7, 11) is 0. The van der Waals surface area contributed by atoms with Crippen molar-refractivity contribution in [1.29, 1.82) is 0 Å². The molecule has 0 saturated carbocycles. The molecule has 0 aliphatic carbocycles. The smallest absolute Gasteiger partial charge is 0.00259 e. The van der Waals surface area contributed by atoms with Gasteiger partial charge < -0.3 is 0 Å². The van der Waals surface area contributed by atoms with Crippen LogP contribution in [-0.4, -0.2) is 0 Å². The maximum Gasteiger partial charge on any atom is -0.00259 e. The van der Waals surface area contributed by atoms with Crippen LogP contribution in [0.4, 0.5) is 0 Å². The first kappa shape index (κ1) is 34.3. The highest BCUT2D eigenvalue weighted by Gasteiger charge is 2.19. The van der Waals surface area contributed by atoms with Crippen molar-refractivity contribution in [2.45, 2.75) is 0 Å².